The van der Waals surface area contributed by atoms with Crippen LogP contribution in [0.2, 0.25) is 0 Å². The van der Waals surface area contributed by atoms with Crippen LogP contribution in [-0.2, 0) is 14.3 Å². The highest BCUT2D eigenvalue weighted by Crippen LogP contribution is 2.48. The van der Waals surface area contributed by atoms with E-state index < -0.39 is 18.0 Å². The summed E-state index contributed by atoms with van der Waals surface area (Å²) in [7, 11) is 0. The van der Waals surface area contributed by atoms with E-state index in [1.165, 1.54) is 11.1 Å². The second-order valence-electron chi connectivity index (χ2n) is 9.29. The van der Waals surface area contributed by atoms with Crippen molar-refractivity contribution in [3.8, 4) is 11.1 Å². The first kappa shape index (κ1) is 21.5. The molecule has 0 radical (unpaired) electrons. The Morgan fingerprint density at radius 1 is 0.939 bits per heavy atom. The van der Waals surface area contributed by atoms with Crippen molar-refractivity contribution in [1.29, 1.82) is 0 Å². The Hall–Kier alpha value is -3.35. The lowest BCUT2D eigenvalue weighted by atomic mass is 9.84. The highest BCUT2D eigenvalue weighted by atomic mass is 16.5. The molecule has 0 spiro atoms. The summed E-state index contributed by atoms with van der Waals surface area (Å²) in [6, 6.07) is 16.0. The SMILES string of the molecule is O=C(CCNC(=O)OCC1c2ccccc2-c2ccccc21)NC1C2CCC(C2)C1C(=O)O. The Morgan fingerprint density at radius 3 is 2.24 bits per heavy atom. The second-order valence-corrected chi connectivity index (χ2v) is 9.29. The molecule has 3 aliphatic rings. The number of hydrogen-bond acceptors (Lipinski definition) is 4. The quantitative estimate of drug-likeness (QED) is 0.601. The third-order valence-corrected chi connectivity index (χ3v) is 7.49. The van der Waals surface area contributed by atoms with Gasteiger partial charge in [0, 0.05) is 24.9 Å². The third kappa shape index (κ3) is 4.08. The number of fused-ring (bicyclic) bond motifs is 5. The van der Waals surface area contributed by atoms with E-state index in [0.717, 1.165) is 30.4 Å². The fourth-order valence-electron chi connectivity index (χ4n) is 6.04. The molecule has 2 amide bonds. The number of ether oxygens (including phenoxy) is 1. The minimum Gasteiger partial charge on any atom is -0.481 e. The van der Waals surface area contributed by atoms with Crippen LogP contribution in [0.3, 0.4) is 0 Å². The summed E-state index contributed by atoms with van der Waals surface area (Å²) < 4.78 is 5.48. The van der Waals surface area contributed by atoms with Crippen molar-refractivity contribution in [1.82, 2.24) is 10.6 Å². The first-order chi connectivity index (χ1) is 16.0. The van der Waals surface area contributed by atoms with Crippen LogP contribution in [0, 0.1) is 17.8 Å². The number of benzene rings is 2. The first-order valence-electron chi connectivity index (χ1n) is 11.6. The molecule has 172 valence electrons. The molecule has 0 aromatic heterocycles. The van der Waals surface area contributed by atoms with Gasteiger partial charge < -0.3 is 20.5 Å². The Labute approximate surface area is 192 Å². The normalized spacial score (nSPS) is 24.7. The average Bonchev–Trinajstić information content (AvgIpc) is 3.50. The van der Waals surface area contributed by atoms with Gasteiger partial charge in [-0.2, -0.15) is 0 Å². The number of rotatable bonds is 7. The van der Waals surface area contributed by atoms with Gasteiger partial charge in [0.25, 0.3) is 0 Å². The molecule has 4 unspecified atom stereocenters. The van der Waals surface area contributed by atoms with Crippen molar-refractivity contribution in [2.45, 2.75) is 37.6 Å². The molecule has 2 saturated carbocycles. The minimum atomic E-state index is -0.829. The lowest BCUT2D eigenvalue weighted by molar-refractivity contribution is -0.144. The molecular weight excluding hydrogens is 420 g/mol. The van der Waals surface area contributed by atoms with E-state index in [2.05, 4.69) is 34.9 Å². The maximum atomic E-state index is 12.4. The van der Waals surface area contributed by atoms with Crippen molar-refractivity contribution < 1.29 is 24.2 Å². The predicted octanol–water partition coefficient (Wildman–Crippen LogP) is 3.53. The molecule has 4 atom stereocenters. The molecule has 33 heavy (non-hydrogen) atoms. The number of alkyl carbamates (subject to hydrolysis) is 1. The smallest absolute Gasteiger partial charge is 0.407 e. The number of carbonyl (C=O) groups excluding carboxylic acids is 2. The third-order valence-electron chi connectivity index (χ3n) is 7.49. The first-order valence-corrected chi connectivity index (χ1v) is 11.6. The zero-order valence-corrected chi connectivity index (χ0v) is 18.3. The average molecular weight is 449 g/mol. The van der Waals surface area contributed by atoms with Gasteiger partial charge in [-0.05, 0) is 53.4 Å². The number of hydrogen-bond donors (Lipinski definition) is 3. The van der Waals surface area contributed by atoms with Crippen LogP contribution in [0.5, 0.6) is 0 Å². The van der Waals surface area contributed by atoms with Gasteiger partial charge in [0.1, 0.15) is 6.61 Å². The fourth-order valence-corrected chi connectivity index (χ4v) is 6.04. The predicted molar refractivity (Wildman–Crippen MR) is 122 cm³/mol. The summed E-state index contributed by atoms with van der Waals surface area (Å²) in [6.45, 7) is 0.360. The van der Waals surface area contributed by atoms with Crippen LogP contribution in [-0.4, -0.2) is 42.3 Å². The van der Waals surface area contributed by atoms with Gasteiger partial charge >= 0.3 is 12.1 Å². The van der Waals surface area contributed by atoms with E-state index in [9.17, 15) is 19.5 Å². The Morgan fingerprint density at radius 2 is 1.58 bits per heavy atom. The number of carbonyl (C=O) groups is 3. The lowest BCUT2D eigenvalue weighted by Crippen LogP contribution is -2.47. The number of carboxylic acid groups (broad SMARTS) is 1. The molecule has 2 aromatic carbocycles. The molecule has 0 saturated heterocycles. The number of amides is 2. The lowest BCUT2D eigenvalue weighted by Gasteiger charge is -2.28. The molecule has 3 N–H and O–H groups in total. The largest absolute Gasteiger partial charge is 0.481 e. The van der Waals surface area contributed by atoms with Crippen molar-refractivity contribution in [3.05, 3.63) is 59.7 Å². The molecule has 5 rings (SSSR count). The van der Waals surface area contributed by atoms with Gasteiger partial charge in [-0.1, -0.05) is 48.5 Å². The fraction of sp³-hybridized carbons (Fsp3) is 0.423. The topological polar surface area (TPSA) is 105 Å². The summed E-state index contributed by atoms with van der Waals surface area (Å²) in [4.78, 5) is 36.2. The van der Waals surface area contributed by atoms with Gasteiger partial charge in [0.15, 0.2) is 0 Å². The van der Waals surface area contributed by atoms with Crippen molar-refractivity contribution in [2.24, 2.45) is 17.8 Å². The molecule has 2 aromatic rings. The summed E-state index contributed by atoms with van der Waals surface area (Å²) in [5, 5.41) is 15.1. The van der Waals surface area contributed by atoms with Gasteiger partial charge in [-0.3, -0.25) is 9.59 Å². The van der Waals surface area contributed by atoms with E-state index >= 15 is 0 Å². The zero-order valence-electron chi connectivity index (χ0n) is 18.3. The number of nitrogens with one attached hydrogen (secondary N) is 2. The van der Waals surface area contributed by atoms with E-state index in [1.54, 1.807) is 0 Å². The van der Waals surface area contributed by atoms with E-state index in [0.29, 0.717) is 0 Å². The Kier molecular flexibility index (Phi) is 5.79. The Balaban J connectivity index is 1.10. The van der Waals surface area contributed by atoms with E-state index in [1.807, 2.05) is 24.3 Å². The van der Waals surface area contributed by atoms with E-state index in [4.69, 9.17) is 4.74 Å². The maximum absolute atomic E-state index is 12.4. The van der Waals surface area contributed by atoms with Crippen LogP contribution >= 0.6 is 0 Å². The molecule has 0 aliphatic heterocycles. The highest BCUT2D eigenvalue weighted by Gasteiger charge is 2.51. The van der Waals surface area contributed by atoms with Crippen molar-refractivity contribution in [2.75, 3.05) is 13.2 Å². The summed E-state index contributed by atoms with van der Waals surface area (Å²) in [5.41, 5.74) is 4.62. The molecule has 7 nitrogen and oxygen atoms in total. The van der Waals surface area contributed by atoms with Crippen LogP contribution in [0.4, 0.5) is 4.79 Å². The molecule has 2 bridgehead atoms. The van der Waals surface area contributed by atoms with Crippen LogP contribution in [0.25, 0.3) is 11.1 Å². The Bertz CT molecular complexity index is 1040. The molecular formula is C26H28N2O5. The van der Waals surface area contributed by atoms with Gasteiger partial charge in [-0.15, -0.1) is 0 Å². The molecule has 7 heteroatoms. The van der Waals surface area contributed by atoms with Crippen molar-refractivity contribution in [3.63, 3.8) is 0 Å². The van der Waals surface area contributed by atoms with Crippen LogP contribution < -0.4 is 10.6 Å². The highest BCUT2D eigenvalue weighted by molar-refractivity contribution is 5.80. The zero-order chi connectivity index (χ0) is 22.9. The summed E-state index contributed by atoms with van der Waals surface area (Å²) in [5.74, 6) is -1.17. The molecule has 0 heterocycles. The number of aliphatic carboxylic acids is 1. The van der Waals surface area contributed by atoms with Gasteiger partial charge in [-0.25, -0.2) is 4.79 Å². The second kappa shape index (κ2) is 8.89. The number of carboxylic acids is 1. The standard InChI is InChI=1S/C26H28N2O5/c29-22(28-24-16-10-9-15(13-16)23(24)25(30)31)11-12-27-26(32)33-14-21-19-7-3-1-5-17(19)18-6-2-4-8-20(18)21/h1-8,15-16,21,23-24H,9-14H2,(H,27,32)(H,28,29)(H,30,31). The van der Waals surface area contributed by atoms with Crippen LogP contribution in [0.15, 0.2) is 48.5 Å². The molecule has 3 aliphatic carbocycles. The monoisotopic (exact) mass is 448 g/mol. The maximum Gasteiger partial charge on any atom is 0.407 e. The van der Waals surface area contributed by atoms with Crippen molar-refractivity contribution >= 4 is 18.0 Å². The molecule has 2 fully saturated rings. The minimum absolute atomic E-state index is 0.0165. The van der Waals surface area contributed by atoms with E-state index in [-0.39, 0.29) is 49.3 Å². The van der Waals surface area contributed by atoms with Crippen LogP contribution in [0.1, 0.15) is 42.7 Å². The summed E-state index contributed by atoms with van der Waals surface area (Å²) in [6.07, 6.45) is 2.30. The summed E-state index contributed by atoms with van der Waals surface area (Å²) >= 11 is 0. The van der Waals surface area contributed by atoms with Gasteiger partial charge in [0.2, 0.25) is 5.91 Å². The van der Waals surface area contributed by atoms with Gasteiger partial charge in [0.05, 0.1) is 5.92 Å².